The molecule has 1 amide bonds. The molecular formula is C16H18N2O3S. The molecule has 0 saturated heterocycles. The van der Waals surface area contributed by atoms with E-state index in [1.807, 2.05) is 32.0 Å². The minimum absolute atomic E-state index is 0.257. The number of carbonyl (C=O) groups excluding carboxylic acids is 1. The molecule has 0 heterocycles. The zero-order chi connectivity index (χ0) is 16.3. The predicted molar refractivity (Wildman–Crippen MR) is 88.8 cm³/mol. The van der Waals surface area contributed by atoms with Crippen molar-refractivity contribution in [2.75, 3.05) is 16.3 Å². The molecule has 0 aromatic heterocycles. The van der Waals surface area contributed by atoms with Gasteiger partial charge in [0.2, 0.25) is 10.0 Å². The second-order valence-corrected chi connectivity index (χ2v) is 6.94. The van der Waals surface area contributed by atoms with Crippen LogP contribution in [0.4, 0.5) is 11.4 Å². The van der Waals surface area contributed by atoms with E-state index in [-0.39, 0.29) is 17.2 Å². The maximum Gasteiger partial charge on any atom is 0.257 e. The average molecular weight is 318 g/mol. The van der Waals surface area contributed by atoms with Crippen molar-refractivity contribution < 1.29 is 13.2 Å². The number of carbonyl (C=O) groups is 1. The topological polar surface area (TPSA) is 75.3 Å². The summed E-state index contributed by atoms with van der Waals surface area (Å²) in [5.41, 5.74) is 3.28. The van der Waals surface area contributed by atoms with E-state index in [0.29, 0.717) is 5.69 Å². The first-order chi connectivity index (χ1) is 10.3. The lowest BCUT2D eigenvalue weighted by Gasteiger charge is -2.12. The van der Waals surface area contributed by atoms with Gasteiger partial charge >= 0.3 is 0 Å². The van der Waals surface area contributed by atoms with Crippen molar-refractivity contribution in [2.24, 2.45) is 0 Å². The lowest BCUT2D eigenvalue weighted by atomic mass is 10.1. The summed E-state index contributed by atoms with van der Waals surface area (Å²) >= 11 is 0. The van der Waals surface area contributed by atoms with Crippen LogP contribution in [0.5, 0.6) is 0 Å². The quantitative estimate of drug-likeness (QED) is 0.910. The van der Waals surface area contributed by atoms with Crippen LogP contribution in [0.15, 0.2) is 42.5 Å². The average Bonchev–Trinajstić information content (AvgIpc) is 2.40. The fourth-order valence-corrected chi connectivity index (χ4v) is 2.69. The van der Waals surface area contributed by atoms with E-state index in [9.17, 15) is 13.2 Å². The highest BCUT2D eigenvalue weighted by Gasteiger charge is 2.14. The van der Waals surface area contributed by atoms with Crippen molar-refractivity contribution in [3.8, 4) is 0 Å². The Balaban J connectivity index is 2.30. The Bertz CT molecular complexity index is 814. The van der Waals surface area contributed by atoms with Gasteiger partial charge in [0, 0.05) is 5.69 Å². The molecule has 0 fully saturated rings. The highest BCUT2D eigenvalue weighted by Crippen LogP contribution is 2.21. The molecule has 0 atom stereocenters. The third kappa shape index (κ3) is 4.08. The molecule has 0 aliphatic carbocycles. The number of hydrogen-bond donors (Lipinski definition) is 2. The van der Waals surface area contributed by atoms with Crippen molar-refractivity contribution >= 4 is 27.3 Å². The minimum atomic E-state index is -3.45. The van der Waals surface area contributed by atoms with Gasteiger partial charge in [0.25, 0.3) is 5.91 Å². The number of hydrogen-bond acceptors (Lipinski definition) is 3. The molecule has 2 rings (SSSR count). The number of anilines is 2. The molecule has 0 aliphatic rings. The maximum atomic E-state index is 12.4. The monoisotopic (exact) mass is 318 g/mol. The molecule has 0 unspecified atom stereocenters. The van der Waals surface area contributed by atoms with E-state index >= 15 is 0 Å². The molecule has 6 heteroatoms. The van der Waals surface area contributed by atoms with Crippen LogP contribution >= 0.6 is 0 Å². The molecule has 0 saturated carbocycles. The van der Waals surface area contributed by atoms with Gasteiger partial charge in [0.15, 0.2) is 0 Å². The summed E-state index contributed by atoms with van der Waals surface area (Å²) in [6, 6.07) is 12.2. The Morgan fingerprint density at radius 3 is 2.32 bits per heavy atom. The zero-order valence-corrected chi connectivity index (χ0v) is 13.5. The highest BCUT2D eigenvalue weighted by atomic mass is 32.2. The molecule has 2 aromatic carbocycles. The van der Waals surface area contributed by atoms with Gasteiger partial charge in [-0.1, -0.05) is 29.8 Å². The Morgan fingerprint density at radius 2 is 1.68 bits per heavy atom. The van der Waals surface area contributed by atoms with Crippen molar-refractivity contribution in [1.29, 1.82) is 0 Å². The number of benzene rings is 2. The fourth-order valence-electron chi connectivity index (χ4n) is 2.11. The third-order valence-corrected chi connectivity index (χ3v) is 3.69. The van der Waals surface area contributed by atoms with Gasteiger partial charge in [-0.2, -0.15) is 0 Å². The summed E-state index contributed by atoms with van der Waals surface area (Å²) < 4.78 is 25.1. The highest BCUT2D eigenvalue weighted by molar-refractivity contribution is 7.92. The van der Waals surface area contributed by atoms with Crippen LogP contribution in [0.1, 0.15) is 21.5 Å². The molecule has 116 valence electrons. The van der Waals surface area contributed by atoms with E-state index in [2.05, 4.69) is 10.0 Å². The predicted octanol–water partition coefficient (Wildman–Crippen LogP) is 2.93. The van der Waals surface area contributed by atoms with E-state index in [4.69, 9.17) is 0 Å². The third-order valence-electron chi connectivity index (χ3n) is 3.10. The van der Waals surface area contributed by atoms with Crippen molar-refractivity contribution in [3.05, 3.63) is 59.2 Å². The van der Waals surface area contributed by atoms with Crippen LogP contribution in [0.2, 0.25) is 0 Å². The van der Waals surface area contributed by atoms with Gasteiger partial charge in [-0.25, -0.2) is 8.42 Å². The number of rotatable bonds is 4. The Hall–Kier alpha value is -2.34. The van der Waals surface area contributed by atoms with Crippen LogP contribution in [0.3, 0.4) is 0 Å². The molecule has 0 radical (unpaired) electrons. The molecule has 0 aliphatic heterocycles. The minimum Gasteiger partial charge on any atom is -0.322 e. The van der Waals surface area contributed by atoms with Gasteiger partial charge in [0.1, 0.15) is 0 Å². The van der Waals surface area contributed by atoms with E-state index in [0.717, 1.165) is 17.4 Å². The second kappa shape index (κ2) is 6.19. The fraction of sp³-hybridized carbons (Fsp3) is 0.188. The molecule has 2 N–H and O–H groups in total. The smallest absolute Gasteiger partial charge is 0.257 e. The van der Waals surface area contributed by atoms with Crippen molar-refractivity contribution in [2.45, 2.75) is 13.8 Å². The summed E-state index contributed by atoms with van der Waals surface area (Å²) in [6.45, 7) is 3.88. The van der Waals surface area contributed by atoms with E-state index < -0.39 is 10.0 Å². The van der Waals surface area contributed by atoms with Gasteiger partial charge < -0.3 is 5.32 Å². The van der Waals surface area contributed by atoms with Gasteiger partial charge in [0.05, 0.1) is 17.5 Å². The first kappa shape index (κ1) is 16.0. The molecule has 0 spiro atoms. The van der Waals surface area contributed by atoms with Gasteiger partial charge in [-0.3, -0.25) is 9.52 Å². The zero-order valence-electron chi connectivity index (χ0n) is 12.7. The molecule has 5 nitrogen and oxygen atoms in total. The first-order valence-corrected chi connectivity index (χ1v) is 8.61. The first-order valence-electron chi connectivity index (χ1n) is 6.72. The largest absolute Gasteiger partial charge is 0.322 e. The normalized spacial score (nSPS) is 11.0. The second-order valence-electron chi connectivity index (χ2n) is 5.19. The van der Waals surface area contributed by atoms with E-state index in [1.54, 1.807) is 24.3 Å². The Morgan fingerprint density at radius 1 is 1.00 bits per heavy atom. The molecular weight excluding hydrogens is 300 g/mol. The summed E-state index contributed by atoms with van der Waals surface area (Å²) in [5.74, 6) is -0.362. The lowest BCUT2D eigenvalue weighted by Crippen LogP contribution is -2.17. The molecule has 2 aromatic rings. The van der Waals surface area contributed by atoms with Gasteiger partial charge in [-0.15, -0.1) is 0 Å². The van der Waals surface area contributed by atoms with Gasteiger partial charge in [-0.05, 0) is 37.6 Å². The van der Waals surface area contributed by atoms with Crippen LogP contribution in [-0.2, 0) is 10.0 Å². The lowest BCUT2D eigenvalue weighted by molar-refractivity contribution is 0.102. The number of para-hydroxylation sites is 1. The Labute approximate surface area is 130 Å². The van der Waals surface area contributed by atoms with Crippen molar-refractivity contribution in [1.82, 2.24) is 0 Å². The number of amides is 1. The molecule has 22 heavy (non-hydrogen) atoms. The SMILES string of the molecule is Cc1ccc(NC(=O)c2ccccc2NS(C)(=O)=O)c(C)c1. The maximum absolute atomic E-state index is 12.4. The summed E-state index contributed by atoms with van der Waals surface area (Å²) in [7, 11) is -3.45. The standard InChI is InChI=1S/C16H18N2O3S/c1-11-8-9-14(12(2)10-11)17-16(19)13-6-4-5-7-15(13)18-22(3,20)21/h4-10,18H,1-3H3,(H,17,19). The van der Waals surface area contributed by atoms with Crippen LogP contribution in [0, 0.1) is 13.8 Å². The van der Waals surface area contributed by atoms with Crippen LogP contribution in [0.25, 0.3) is 0 Å². The summed E-state index contributed by atoms with van der Waals surface area (Å²) in [5, 5.41) is 2.81. The number of sulfonamides is 1. The van der Waals surface area contributed by atoms with Crippen molar-refractivity contribution in [3.63, 3.8) is 0 Å². The summed E-state index contributed by atoms with van der Waals surface area (Å²) in [4.78, 5) is 12.4. The number of nitrogens with one attached hydrogen (secondary N) is 2. The van der Waals surface area contributed by atoms with E-state index in [1.165, 1.54) is 0 Å². The Kier molecular flexibility index (Phi) is 4.51. The van der Waals surface area contributed by atoms with Crippen LogP contribution in [-0.4, -0.2) is 20.6 Å². The number of aryl methyl sites for hydroxylation is 2. The summed E-state index contributed by atoms with van der Waals surface area (Å²) in [6.07, 6.45) is 1.05. The van der Waals surface area contributed by atoms with Crippen LogP contribution < -0.4 is 10.0 Å². The molecule has 0 bridgehead atoms.